The molecule has 9 aromatic carbocycles. The molecule has 0 aliphatic heterocycles. The van der Waals surface area contributed by atoms with Crippen LogP contribution in [0.3, 0.4) is 0 Å². The molecule has 0 heterocycles. The lowest BCUT2D eigenvalue weighted by Gasteiger charge is -2.28. The summed E-state index contributed by atoms with van der Waals surface area (Å²) in [7, 11) is 0. The van der Waals surface area contributed by atoms with Gasteiger partial charge >= 0.3 is 0 Å². The van der Waals surface area contributed by atoms with Crippen molar-refractivity contribution in [1.82, 2.24) is 0 Å². The first-order valence-electron chi connectivity index (χ1n) is 19.1. The van der Waals surface area contributed by atoms with Crippen LogP contribution in [-0.4, -0.2) is 0 Å². The number of anilines is 6. The quantitative estimate of drug-likeness (QED) is 0.139. The molecule has 0 aliphatic carbocycles. The summed E-state index contributed by atoms with van der Waals surface area (Å²) in [6.45, 7) is 0. The highest BCUT2D eigenvalue weighted by Crippen LogP contribution is 2.43. The number of rotatable bonds is 10. The molecular weight excluding hydrogens is 677 g/mol. The van der Waals surface area contributed by atoms with Gasteiger partial charge in [-0.05, 0) is 106 Å². The maximum Gasteiger partial charge on any atom is 0.0540 e. The van der Waals surface area contributed by atoms with E-state index in [1.165, 1.54) is 44.5 Å². The third-order valence-electron chi connectivity index (χ3n) is 10.3. The van der Waals surface area contributed by atoms with Gasteiger partial charge in [0.15, 0.2) is 0 Å². The molecule has 0 amide bonds. The Balaban J connectivity index is 1.08. The Morgan fingerprint density at radius 2 is 0.464 bits per heavy atom. The van der Waals surface area contributed by atoms with Gasteiger partial charge in [-0.3, -0.25) is 0 Å². The second-order valence-electron chi connectivity index (χ2n) is 13.8. The van der Waals surface area contributed by atoms with Gasteiger partial charge in [0.25, 0.3) is 0 Å². The van der Waals surface area contributed by atoms with Crippen LogP contribution in [0.5, 0.6) is 0 Å². The molecular formula is C54H40N2. The minimum Gasteiger partial charge on any atom is -0.311 e. The molecule has 0 saturated carbocycles. The average molecular weight is 717 g/mol. The lowest BCUT2D eigenvalue weighted by molar-refractivity contribution is 1.28. The first-order valence-corrected chi connectivity index (χ1v) is 19.1. The molecule has 2 heteroatoms. The first-order chi connectivity index (χ1) is 27.8. The summed E-state index contributed by atoms with van der Waals surface area (Å²) in [6.07, 6.45) is 0. The van der Waals surface area contributed by atoms with Gasteiger partial charge in [0, 0.05) is 34.0 Å². The lowest BCUT2D eigenvalue weighted by atomic mass is 9.94. The van der Waals surface area contributed by atoms with Gasteiger partial charge in [0.1, 0.15) is 0 Å². The predicted octanol–water partition coefficient (Wildman–Crippen LogP) is 15.3. The van der Waals surface area contributed by atoms with E-state index < -0.39 is 0 Å². The van der Waals surface area contributed by atoms with Crippen molar-refractivity contribution >= 4 is 34.1 Å². The van der Waals surface area contributed by atoms with Crippen LogP contribution in [0.4, 0.5) is 34.1 Å². The van der Waals surface area contributed by atoms with Crippen LogP contribution >= 0.6 is 0 Å². The van der Waals surface area contributed by atoms with Crippen LogP contribution in [0.25, 0.3) is 44.5 Å². The molecule has 0 aromatic heterocycles. The zero-order valence-corrected chi connectivity index (χ0v) is 31.0. The van der Waals surface area contributed by atoms with Crippen molar-refractivity contribution in [1.29, 1.82) is 0 Å². The van der Waals surface area contributed by atoms with E-state index in [1.54, 1.807) is 0 Å². The maximum atomic E-state index is 2.37. The predicted molar refractivity (Wildman–Crippen MR) is 238 cm³/mol. The summed E-state index contributed by atoms with van der Waals surface area (Å²) in [6, 6.07) is 86.5. The van der Waals surface area contributed by atoms with Gasteiger partial charge in [0.05, 0.1) is 5.69 Å². The summed E-state index contributed by atoms with van der Waals surface area (Å²) in [5, 5.41) is 0. The van der Waals surface area contributed by atoms with E-state index in [4.69, 9.17) is 0 Å². The highest BCUT2D eigenvalue weighted by molar-refractivity contribution is 5.90. The van der Waals surface area contributed by atoms with Gasteiger partial charge in [-0.25, -0.2) is 0 Å². The third kappa shape index (κ3) is 7.12. The molecule has 56 heavy (non-hydrogen) atoms. The Kier molecular flexibility index (Phi) is 9.75. The highest BCUT2D eigenvalue weighted by Gasteiger charge is 2.18. The standard InChI is InChI=1S/C54H40N2/c1-5-17-41(18-6-1)42-29-35-49(36-30-42)56(54-28-16-15-27-53(54)43-19-7-2-8-20-43)50-39-33-45(34-40-50)52-26-14-13-25-51(52)44-31-37-48(38-32-44)55(46-21-9-3-10-22-46)47-23-11-4-12-24-47/h1-40H. The van der Waals surface area contributed by atoms with E-state index in [9.17, 15) is 0 Å². The number of para-hydroxylation sites is 3. The Hall–Kier alpha value is -7.42. The summed E-state index contributed by atoms with van der Waals surface area (Å²) in [4.78, 5) is 4.67. The number of hydrogen-bond acceptors (Lipinski definition) is 2. The molecule has 0 radical (unpaired) electrons. The molecule has 9 aromatic rings. The molecule has 0 aliphatic rings. The highest BCUT2D eigenvalue weighted by atomic mass is 15.1. The summed E-state index contributed by atoms with van der Waals surface area (Å²) < 4.78 is 0. The molecule has 2 nitrogen and oxygen atoms in total. The van der Waals surface area contributed by atoms with E-state index in [0.717, 1.165) is 34.1 Å². The lowest BCUT2D eigenvalue weighted by Crippen LogP contribution is -2.11. The fraction of sp³-hybridized carbons (Fsp3) is 0. The molecule has 0 atom stereocenters. The average Bonchev–Trinajstić information content (AvgIpc) is 3.29. The zero-order chi connectivity index (χ0) is 37.5. The molecule has 0 spiro atoms. The van der Waals surface area contributed by atoms with Gasteiger partial charge in [-0.2, -0.15) is 0 Å². The molecule has 0 bridgehead atoms. The summed E-state index contributed by atoms with van der Waals surface area (Å²) >= 11 is 0. The molecule has 0 N–H and O–H groups in total. The zero-order valence-electron chi connectivity index (χ0n) is 31.0. The first kappa shape index (κ1) is 34.4. The van der Waals surface area contributed by atoms with E-state index in [0.29, 0.717) is 0 Å². The fourth-order valence-corrected chi connectivity index (χ4v) is 7.56. The summed E-state index contributed by atoms with van der Waals surface area (Å²) in [5.74, 6) is 0. The van der Waals surface area contributed by atoms with Crippen molar-refractivity contribution in [2.75, 3.05) is 9.80 Å². The van der Waals surface area contributed by atoms with Crippen LogP contribution in [0, 0.1) is 0 Å². The smallest absolute Gasteiger partial charge is 0.0540 e. The maximum absolute atomic E-state index is 2.37. The van der Waals surface area contributed by atoms with E-state index in [2.05, 4.69) is 252 Å². The van der Waals surface area contributed by atoms with Crippen LogP contribution in [0.15, 0.2) is 243 Å². The van der Waals surface area contributed by atoms with E-state index in [-0.39, 0.29) is 0 Å². The van der Waals surface area contributed by atoms with Crippen molar-refractivity contribution in [3.05, 3.63) is 243 Å². The van der Waals surface area contributed by atoms with Crippen molar-refractivity contribution in [3.8, 4) is 44.5 Å². The Labute approximate surface area is 329 Å². The molecule has 266 valence electrons. The monoisotopic (exact) mass is 716 g/mol. The van der Waals surface area contributed by atoms with Gasteiger partial charge in [0.2, 0.25) is 0 Å². The van der Waals surface area contributed by atoms with Crippen LogP contribution in [-0.2, 0) is 0 Å². The van der Waals surface area contributed by atoms with Crippen molar-refractivity contribution in [3.63, 3.8) is 0 Å². The van der Waals surface area contributed by atoms with Crippen LogP contribution in [0.1, 0.15) is 0 Å². The van der Waals surface area contributed by atoms with Crippen LogP contribution in [0.2, 0.25) is 0 Å². The minimum atomic E-state index is 1.09. The number of benzene rings is 9. The second-order valence-corrected chi connectivity index (χ2v) is 13.8. The molecule has 9 rings (SSSR count). The Morgan fingerprint density at radius 3 is 0.929 bits per heavy atom. The molecule has 0 saturated heterocycles. The third-order valence-corrected chi connectivity index (χ3v) is 10.3. The van der Waals surface area contributed by atoms with Gasteiger partial charge in [-0.15, -0.1) is 0 Å². The largest absolute Gasteiger partial charge is 0.311 e. The van der Waals surface area contributed by atoms with E-state index in [1.807, 2.05) is 0 Å². The second kappa shape index (κ2) is 15.9. The van der Waals surface area contributed by atoms with Gasteiger partial charge < -0.3 is 9.80 Å². The Morgan fingerprint density at radius 1 is 0.179 bits per heavy atom. The summed E-state index contributed by atoms with van der Waals surface area (Å²) in [5.41, 5.74) is 16.2. The normalized spacial score (nSPS) is 10.9. The van der Waals surface area contributed by atoms with Crippen molar-refractivity contribution < 1.29 is 0 Å². The number of hydrogen-bond donors (Lipinski definition) is 0. The van der Waals surface area contributed by atoms with Crippen molar-refractivity contribution in [2.45, 2.75) is 0 Å². The molecule has 0 unspecified atom stereocenters. The SMILES string of the molecule is c1ccc(-c2ccc(N(c3ccc(-c4ccccc4-c4ccc(N(c5ccccc5)c5ccccc5)cc4)cc3)c3ccccc3-c3ccccc3)cc2)cc1. The van der Waals surface area contributed by atoms with Crippen LogP contribution < -0.4 is 9.80 Å². The van der Waals surface area contributed by atoms with Gasteiger partial charge in [-0.1, -0.05) is 176 Å². The minimum absolute atomic E-state index is 1.09. The topological polar surface area (TPSA) is 6.48 Å². The fourth-order valence-electron chi connectivity index (χ4n) is 7.56. The molecule has 0 fully saturated rings. The number of nitrogens with zero attached hydrogens (tertiary/aromatic N) is 2. The Bertz CT molecular complexity index is 2600. The van der Waals surface area contributed by atoms with Crippen molar-refractivity contribution in [2.24, 2.45) is 0 Å². The van der Waals surface area contributed by atoms with E-state index >= 15 is 0 Å².